The van der Waals surface area contributed by atoms with Crippen LogP contribution in [0, 0.1) is 0 Å². The maximum atomic E-state index is 5.84. The first-order valence-corrected chi connectivity index (χ1v) is 9.20. The Balaban J connectivity index is 1.47. The van der Waals surface area contributed by atoms with Crippen molar-refractivity contribution in [2.24, 2.45) is 0 Å². The molecular formula is C18H18Br2N2O2. The second-order valence-corrected chi connectivity index (χ2v) is 7.28. The molecule has 2 aromatic carbocycles. The van der Waals surface area contributed by atoms with Gasteiger partial charge in [-0.15, -0.1) is 0 Å². The smallest absolute Gasteiger partial charge is 0.148 e. The molecule has 3 rings (SSSR count). The lowest BCUT2D eigenvalue weighted by molar-refractivity contribution is -0.242. The van der Waals surface area contributed by atoms with E-state index in [0.717, 1.165) is 20.1 Å². The molecule has 126 valence electrons. The van der Waals surface area contributed by atoms with E-state index in [1.807, 2.05) is 67.9 Å². The first-order valence-electron chi connectivity index (χ1n) is 7.61. The van der Waals surface area contributed by atoms with Crippen molar-refractivity contribution < 1.29 is 9.68 Å². The second kappa shape index (κ2) is 8.16. The SMILES string of the molecule is CC1N(OCc2ccc(Br)cc2)C=CN1OCc1ccc(Br)cc1. The van der Waals surface area contributed by atoms with E-state index < -0.39 is 0 Å². The summed E-state index contributed by atoms with van der Waals surface area (Å²) in [6, 6.07) is 16.2. The molecule has 0 saturated heterocycles. The third-order valence-electron chi connectivity index (χ3n) is 3.68. The van der Waals surface area contributed by atoms with Crippen LogP contribution >= 0.6 is 31.9 Å². The highest BCUT2D eigenvalue weighted by atomic mass is 79.9. The van der Waals surface area contributed by atoms with Crippen molar-refractivity contribution in [1.29, 1.82) is 0 Å². The summed E-state index contributed by atoms with van der Waals surface area (Å²) in [7, 11) is 0. The minimum absolute atomic E-state index is 0.0177. The van der Waals surface area contributed by atoms with Gasteiger partial charge in [-0.25, -0.2) is 10.1 Å². The molecule has 1 aliphatic rings. The van der Waals surface area contributed by atoms with Crippen molar-refractivity contribution in [3.63, 3.8) is 0 Å². The van der Waals surface area contributed by atoms with E-state index in [1.165, 1.54) is 0 Å². The van der Waals surface area contributed by atoms with Gasteiger partial charge in [0.15, 0.2) is 0 Å². The fourth-order valence-corrected chi connectivity index (χ4v) is 2.78. The molecule has 0 N–H and O–H groups in total. The van der Waals surface area contributed by atoms with Gasteiger partial charge in [-0.3, -0.25) is 9.68 Å². The molecule has 0 atom stereocenters. The number of nitrogens with zero attached hydrogens (tertiary/aromatic N) is 2. The monoisotopic (exact) mass is 452 g/mol. The number of hydrogen-bond donors (Lipinski definition) is 0. The van der Waals surface area contributed by atoms with E-state index in [4.69, 9.17) is 9.68 Å². The van der Waals surface area contributed by atoms with Crippen LogP contribution in [0.25, 0.3) is 0 Å². The van der Waals surface area contributed by atoms with Crippen LogP contribution in [0.2, 0.25) is 0 Å². The lowest BCUT2D eigenvalue weighted by atomic mass is 10.2. The summed E-state index contributed by atoms with van der Waals surface area (Å²) < 4.78 is 2.13. The van der Waals surface area contributed by atoms with E-state index in [9.17, 15) is 0 Å². The Morgan fingerprint density at radius 2 is 1.12 bits per heavy atom. The third kappa shape index (κ3) is 4.60. The lowest BCUT2D eigenvalue weighted by Gasteiger charge is -2.27. The number of hydroxylamine groups is 4. The van der Waals surface area contributed by atoms with Gasteiger partial charge >= 0.3 is 0 Å². The Morgan fingerprint density at radius 3 is 1.50 bits per heavy atom. The maximum absolute atomic E-state index is 5.84. The molecule has 0 saturated carbocycles. The summed E-state index contributed by atoms with van der Waals surface area (Å²) in [5.41, 5.74) is 2.24. The van der Waals surface area contributed by atoms with E-state index in [-0.39, 0.29) is 6.17 Å². The van der Waals surface area contributed by atoms with Crippen LogP contribution in [-0.2, 0) is 22.9 Å². The highest BCUT2D eigenvalue weighted by molar-refractivity contribution is 9.10. The number of hydrogen-bond acceptors (Lipinski definition) is 4. The fraction of sp³-hybridized carbons (Fsp3) is 0.222. The van der Waals surface area contributed by atoms with Crippen LogP contribution in [0.5, 0.6) is 0 Å². The molecule has 0 fully saturated rings. The van der Waals surface area contributed by atoms with Gasteiger partial charge < -0.3 is 0 Å². The molecule has 0 unspecified atom stereocenters. The standard InChI is InChI=1S/C18H18Br2N2O2/c1-14-21(23-12-15-2-6-17(19)7-3-15)10-11-22(14)24-13-16-4-8-18(20)9-5-16/h2-11,14H,12-13H2,1H3. The van der Waals surface area contributed by atoms with Crippen LogP contribution in [-0.4, -0.2) is 16.3 Å². The van der Waals surface area contributed by atoms with Gasteiger partial charge in [0, 0.05) is 21.3 Å². The van der Waals surface area contributed by atoms with Gasteiger partial charge in [0.25, 0.3) is 0 Å². The van der Waals surface area contributed by atoms with E-state index in [1.54, 1.807) is 10.1 Å². The first-order chi connectivity index (χ1) is 11.6. The largest absolute Gasteiger partial charge is 0.267 e. The predicted molar refractivity (Wildman–Crippen MR) is 100 cm³/mol. The Kier molecular flexibility index (Phi) is 5.94. The topological polar surface area (TPSA) is 24.9 Å². The summed E-state index contributed by atoms with van der Waals surface area (Å²) in [6.45, 7) is 3.06. The molecule has 1 heterocycles. The molecule has 2 aromatic rings. The van der Waals surface area contributed by atoms with Crippen LogP contribution in [0.3, 0.4) is 0 Å². The van der Waals surface area contributed by atoms with Crippen molar-refractivity contribution in [2.45, 2.75) is 26.3 Å². The summed E-state index contributed by atoms with van der Waals surface area (Å²) in [6.07, 6.45) is 3.74. The summed E-state index contributed by atoms with van der Waals surface area (Å²) in [5, 5.41) is 3.59. The van der Waals surface area contributed by atoms with Crippen molar-refractivity contribution >= 4 is 31.9 Å². The van der Waals surface area contributed by atoms with Gasteiger partial charge in [0.2, 0.25) is 0 Å². The van der Waals surface area contributed by atoms with E-state index in [2.05, 4.69) is 31.9 Å². The van der Waals surface area contributed by atoms with E-state index in [0.29, 0.717) is 13.2 Å². The zero-order valence-corrected chi connectivity index (χ0v) is 16.4. The van der Waals surface area contributed by atoms with Gasteiger partial charge in [0.1, 0.15) is 6.17 Å². The lowest BCUT2D eigenvalue weighted by Crippen LogP contribution is -2.35. The Hall–Kier alpha value is -1.34. The normalized spacial score (nSPS) is 14.6. The van der Waals surface area contributed by atoms with Crippen molar-refractivity contribution in [1.82, 2.24) is 10.1 Å². The Labute approximate surface area is 158 Å². The molecule has 0 spiro atoms. The van der Waals surface area contributed by atoms with Gasteiger partial charge in [-0.2, -0.15) is 0 Å². The highest BCUT2D eigenvalue weighted by Crippen LogP contribution is 2.20. The molecular weight excluding hydrogens is 436 g/mol. The minimum Gasteiger partial charge on any atom is -0.267 e. The highest BCUT2D eigenvalue weighted by Gasteiger charge is 2.23. The molecule has 4 nitrogen and oxygen atoms in total. The van der Waals surface area contributed by atoms with E-state index >= 15 is 0 Å². The molecule has 0 radical (unpaired) electrons. The third-order valence-corrected chi connectivity index (χ3v) is 4.74. The summed E-state index contributed by atoms with van der Waals surface area (Å²) in [5.74, 6) is 0. The van der Waals surface area contributed by atoms with Gasteiger partial charge in [-0.1, -0.05) is 56.1 Å². The molecule has 0 bridgehead atoms. The predicted octanol–water partition coefficient (Wildman–Crippen LogP) is 5.21. The van der Waals surface area contributed by atoms with Crippen molar-refractivity contribution in [2.75, 3.05) is 0 Å². The van der Waals surface area contributed by atoms with Crippen LogP contribution < -0.4 is 0 Å². The quantitative estimate of drug-likeness (QED) is 0.599. The van der Waals surface area contributed by atoms with Crippen LogP contribution in [0.15, 0.2) is 69.9 Å². The molecule has 0 amide bonds. The molecule has 6 heteroatoms. The number of halogens is 2. The van der Waals surface area contributed by atoms with Crippen molar-refractivity contribution in [3.05, 3.63) is 81.0 Å². The molecule has 0 aliphatic carbocycles. The average Bonchev–Trinajstić information content (AvgIpc) is 2.94. The van der Waals surface area contributed by atoms with Crippen molar-refractivity contribution in [3.8, 4) is 0 Å². The number of rotatable bonds is 6. The zero-order valence-electron chi connectivity index (χ0n) is 13.2. The van der Waals surface area contributed by atoms with Gasteiger partial charge in [-0.05, 0) is 42.3 Å². The minimum atomic E-state index is -0.0177. The Morgan fingerprint density at radius 1 is 0.750 bits per heavy atom. The fourth-order valence-electron chi connectivity index (χ4n) is 2.25. The number of benzene rings is 2. The molecule has 24 heavy (non-hydrogen) atoms. The second-order valence-electron chi connectivity index (χ2n) is 5.45. The maximum Gasteiger partial charge on any atom is 0.148 e. The summed E-state index contributed by atoms with van der Waals surface area (Å²) >= 11 is 6.86. The van der Waals surface area contributed by atoms with Crippen LogP contribution in [0.4, 0.5) is 0 Å². The Bertz CT molecular complexity index is 630. The van der Waals surface area contributed by atoms with Gasteiger partial charge in [0.05, 0.1) is 13.2 Å². The summed E-state index contributed by atoms with van der Waals surface area (Å²) in [4.78, 5) is 11.7. The average molecular weight is 454 g/mol. The molecule has 0 aromatic heterocycles. The van der Waals surface area contributed by atoms with Crippen LogP contribution in [0.1, 0.15) is 18.1 Å². The zero-order chi connectivity index (χ0) is 16.9. The first kappa shape index (κ1) is 17.5. The molecule has 1 aliphatic heterocycles.